The van der Waals surface area contributed by atoms with Gasteiger partial charge < -0.3 is 10.2 Å². The number of aromatic nitrogens is 2. The molecule has 0 fully saturated rings. The maximum Gasteiger partial charge on any atom is 0.248 e. The highest BCUT2D eigenvalue weighted by Gasteiger charge is 2.18. The average Bonchev–Trinajstić information content (AvgIpc) is 2.99. The molecule has 0 aliphatic rings. The van der Waals surface area contributed by atoms with Crippen LogP contribution >= 0.6 is 38.5 Å². The van der Waals surface area contributed by atoms with Gasteiger partial charge in [-0.1, -0.05) is 46.3 Å². The summed E-state index contributed by atoms with van der Waals surface area (Å²) in [7, 11) is 0. The number of hydrogen-bond donors (Lipinski definition) is 1. The molecule has 2 N–H and O–H groups in total. The van der Waals surface area contributed by atoms with E-state index in [1.165, 1.54) is 0 Å². The van der Waals surface area contributed by atoms with Crippen molar-refractivity contribution in [2.24, 2.45) is 5.73 Å². The lowest BCUT2D eigenvalue weighted by Gasteiger charge is -2.06. The van der Waals surface area contributed by atoms with Crippen molar-refractivity contribution in [1.29, 1.82) is 0 Å². The molecule has 0 amide bonds. The van der Waals surface area contributed by atoms with Gasteiger partial charge in [0.25, 0.3) is 0 Å². The zero-order valence-electron chi connectivity index (χ0n) is 10.8. The van der Waals surface area contributed by atoms with Gasteiger partial charge >= 0.3 is 0 Å². The van der Waals surface area contributed by atoms with Crippen molar-refractivity contribution >= 4 is 38.5 Å². The van der Waals surface area contributed by atoms with Crippen molar-refractivity contribution in [3.8, 4) is 11.5 Å². The summed E-state index contributed by atoms with van der Waals surface area (Å²) in [6.45, 7) is 0. The fourth-order valence-corrected chi connectivity index (χ4v) is 2.86. The zero-order valence-corrected chi connectivity index (χ0v) is 14.6. The molecule has 0 radical (unpaired) electrons. The number of nitrogens with two attached hydrogens (primary N) is 1. The molecule has 106 valence electrons. The summed E-state index contributed by atoms with van der Waals surface area (Å²) in [5.41, 5.74) is 8.00. The van der Waals surface area contributed by atoms with Crippen LogP contribution in [0.4, 0.5) is 0 Å². The third kappa shape index (κ3) is 3.17. The van der Waals surface area contributed by atoms with Crippen LogP contribution in [-0.4, -0.2) is 10.2 Å². The minimum atomic E-state index is -0.419. The minimum Gasteiger partial charge on any atom is -0.419 e. The van der Waals surface area contributed by atoms with Crippen molar-refractivity contribution in [2.45, 2.75) is 6.04 Å². The summed E-state index contributed by atoms with van der Waals surface area (Å²) in [4.78, 5) is 0. The maximum absolute atomic E-state index is 6.17. The van der Waals surface area contributed by atoms with Crippen LogP contribution < -0.4 is 5.73 Å². The second-order valence-electron chi connectivity index (χ2n) is 4.46. The normalized spacial score (nSPS) is 12.3. The Bertz CT molecular complexity index is 761. The lowest BCUT2D eigenvalue weighted by atomic mass is 10.1. The Morgan fingerprint density at radius 1 is 1.10 bits per heavy atom. The fourth-order valence-electron chi connectivity index (χ4n) is 1.93. The molecule has 4 nitrogen and oxygen atoms in total. The molecular weight excluding hydrogens is 445 g/mol. The van der Waals surface area contributed by atoms with E-state index in [4.69, 9.17) is 10.2 Å². The minimum absolute atomic E-state index is 0.409. The molecule has 2 aromatic carbocycles. The van der Waals surface area contributed by atoms with E-state index in [2.05, 4.69) is 48.7 Å². The Kier molecular flexibility index (Phi) is 4.37. The third-order valence-electron chi connectivity index (χ3n) is 3.02. The van der Waals surface area contributed by atoms with Gasteiger partial charge in [-0.05, 0) is 46.4 Å². The summed E-state index contributed by atoms with van der Waals surface area (Å²) in [6, 6.07) is 15.2. The van der Waals surface area contributed by atoms with E-state index in [1.807, 2.05) is 48.5 Å². The van der Waals surface area contributed by atoms with Crippen LogP contribution in [0.5, 0.6) is 0 Å². The first-order valence-electron chi connectivity index (χ1n) is 6.24. The Morgan fingerprint density at radius 3 is 2.62 bits per heavy atom. The summed E-state index contributed by atoms with van der Waals surface area (Å²) in [6.07, 6.45) is 0. The number of hydrogen-bond acceptors (Lipinski definition) is 4. The molecule has 1 unspecified atom stereocenters. The van der Waals surface area contributed by atoms with E-state index in [0.717, 1.165) is 19.2 Å². The molecule has 0 saturated heterocycles. The fraction of sp³-hybridized carbons (Fsp3) is 0.0667. The third-order valence-corrected chi connectivity index (χ3v) is 4.46. The van der Waals surface area contributed by atoms with Gasteiger partial charge in [-0.15, -0.1) is 10.2 Å². The molecule has 1 aromatic heterocycles. The van der Waals surface area contributed by atoms with Crippen LogP contribution in [0.15, 0.2) is 57.4 Å². The molecule has 0 saturated carbocycles. The Labute approximate surface area is 144 Å². The SMILES string of the molecule is NC(c1ccccc1)c1nnc(-c2cc(Br)ccc2I)o1. The second-order valence-corrected chi connectivity index (χ2v) is 6.54. The van der Waals surface area contributed by atoms with E-state index >= 15 is 0 Å². The van der Waals surface area contributed by atoms with Gasteiger partial charge in [0.2, 0.25) is 11.8 Å². The quantitative estimate of drug-likeness (QED) is 0.602. The predicted molar refractivity (Wildman–Crippen MR) is 92.6 cm³/mol. The van der Waals surface area contributed by atoms with Gasteiger partial charge in [0.05, 0.1) is 5.56 Å². The van der Waals surface area contributed by atoms with Crippen molar-refractivity contribution in [3.05, 3.63) is 68.0 Å². The molecule has 0 aliphatic heterocycles. The Morgan fingerprint density at radius 2 is 1.86 bits per heavy atom. The van der Waals surface area contributed by atoms with Gasteiger partial charge in [0.1, 0.15) is 6.04 Å². The van der Waals surface area contributed by atoms with Crippen LogP contribution in [0.25, 0.3) is 11.5 Å². The van der Waals surface area contributed by atoms with Crippen LogP contribution in [-0.2, 0) is 0 Å². The Balaban J connectivity index is 1.95. The van der Waals surface area contributed by atoms with E-state index in [-0.39, 0.29) is 0 Å². The van der Waals surface area contributed by atoms with Crippen LogP contribution in [0, 0.1) is 3.57 Å². The summed E-state index contributed by atoms with van der Waals surface area (Å²) in [5, 5.41) is 8.19. The van der Waals surface area contributed by atoms with Crippen LogP contribution in [0.3, 0.4) is 0 Å². The average molecular weight is 456 g/mol. The van der Waals surface area contributed by atoms with Crippen LogP contribution in [0.2, 0.25) is 0 Å². The highest BCUT2D eigenvalue weighted by atomic mass is 127. The molecular formula is C15H11BrIN3O. The second kappa shape index (κ2) is 6.25. The smallest absolute Gasteiger partial charge is 0.248 e. The van der Waals surface area contributed by atoms with E-state index in [9.17, 15) is 0 Å². The first-order valence-corrected chi connectivity index (χ1v) is 8.11. The maximum atomic E-state index is 6.17. The van der Waals surface area contributed by atoms with Crippen molar-refractivity contribution in [1.82, 2.24) is 10.2 Å². The number of benzene rings is 2. The van der Waals surface area contributed by atoms with Gasteiger partial charge in [0, 0.05) is 8.04 Å². The summed E-state index contributed by atoms with van der Waals surface area (Å²) >= 11 is 5.69. The topological polar surface area (TPSA) is 64.9 Å². The van der Waals surface area contributed by atoms with Crippen molar-refractivity contribution in [3.63, 3.8) is 0 Å². The molecule has 0 bridgehead atoms. The Hall–Kier alpha value is -1.25. The lowest BCUT2D eigenvalue weighted by molar-refractivity contribution is 0.484. The summed E-state index contributed by atoms with van der Waals surface area (Å²) in [5.74, 6) is 0.883. The lowest BCUT2D eigenvalue weighted by Crippen LogP contribution is -2.11. The molecule has 0 spiro atoms. The molecule has 1 atom stereocenters. The number of halogens is 2. The highest BCUT2D eigenvalue weighted by molar-refractivity contribution is 14.1. The predicted octanol–water partition coefficient (Wildman–Crippen LogP) is 4.15. The van der Waals surface area contributed by atoms with Crippen molar-refractivity contribution < 1.29 is 4.42 Å². The van der Waals surface area contributed by atoms with E-state index in [0.29, 0.717) is 11.8 Å². The molecule has 1 heterocycles. The largest absolute Gasteiger partial charge is 0.419 e. The number of nitrogens with zero attached hydrogens (tertiary/aromatic N) is 2. The standard InChI is InChI=1S/C15H11BrIN3O/c16-10-6-7-12(17)11(8-10)14-19-20-15(21-14)13(18)9-4-2-1-3-5-9/h1-8,13H,18H2. The molecule has 6 heteroatoms. The molecule has 21 heavy (non-hydrogen) atoms. The highest BCUT2D eigenvalue weighted by Crippen LogP contribution is 2.29. The number of rotatable bonds is 3. The van der Waals surface area contributed by atoms with E-state index in [1.54, 1.807) is 0 Å². The zero-order chi connectivity index (χ0) is 14.8. The summed E-state index contributed by atoms with van der Waals surface area (Å²) < 4.78 is 7.75. The van der Waals surface area contributed by atoms with Crippen LogP contribution in [0.1, 0.15) is 17.5 Å². The van der Waals surface area contributed by atoms with Gasteiger partial charge in [0.15, 0.2) is 0 Å². The first kappa shape index (κ1) is 14.7. The van der Waals surface area contributed by atoms with Gasteiger partial charge in [-0.25, -0.2) is 0 Å². The van der Waals surface area contributed by atoms with Gasteiger partial charge in [-0.2, -0.15) is 0 Å². The monoisotopic (exact) mass is 455 g/mol. The molecule has 3 rings (SSSR count). The van der Waals surface area contributed by atoms with E-state index < -0.39 is 6.04 Å². The van der Waals surface area contributed by atoms with Crippen molar-refractivity contribution in [2.75, 3.05) is 0 Å². The first-order chi connectivity index (χ1) is 10.1. The molecule has 3 aromatic rings. The van der Waals surface area contributed by atoms with Gasteiger partial charge in [-0.3, -0.25) is 0 Å². The molecule has 0 aliphatic carbocycles.